The first kappa shape index (κ1) is 15.2. The Morgan fingerprint density at radius 1 is 1.36 bits per heavy atom. The van der Waals surface area contributed by atoms with Gasteiger partial charge in [0.15, 0.2) is 5.96 Å². The molecule has 4 nitrogen and oxygen atoms in total. The number of hydrogen-bond acceptors (Lipinski definition) is 3. The number of hydrogen-bond donors (Lipinski definition) is 2. The molecular formula is C16H18ClN3OS. The molecule has 0 spiro atoms. The van der Waals surface area contributed by atoms with Gasteiger partial charge < -0.3 is 15.8 Å². The summed E-state index contributed by atoms with van der Waals surface area (Å²) in [4.78, 5) is 5.62. The van der Waals surface area contributed by atoms with E-state index in [2.05, 4.69) is 16.4 Å². The van der Waals surface area contributed by atoms with Gasteiger partial charge in [0.25, 0.3) is 0 Å². The van der Waals surface area contributed by atoms with Crippen LogP contribution in [0.15, 0.2) is 41.4 Å². The van der Waals surface area contributed by atoms with Crippen molar-refractivity contribution in [3.8, 4) is 5.75 Å². The van der Waals surface area contributed by atoms with Gasteiger partial charge in [-0.05, 0) is 18.2 Å². The molecule has 0 bridgehead atoms. The van der Waals surface area contributed by atoms with E-state index in [9.17, 15) is 0 Å². The fourth-order valence-electron chi connectivity index (χ4n) is 2.49. The van der Waals surface area contributed by atoms with Crippen LogP contribution in [0.25, 0.3) is 0 Å². The average Bonchev–Trinajstić information content (AvgIpc) is 2.93. The number of para-hydroxylation sites is 1. The first-order chi connectivity index (χ1) is 10.7. The summed E-state index contributed by atoms with van der Waals surface area (Å²) >= 11 is 7.50. The summed E-state index contributed by atoms with van der Waals surface area (Å²) in [7, 11) is 0. The molecular weight excluding hydrogens is 318 g/mol. The normalized spacial score (nSPS) is 17.7. The maximum atomic E-state index is 6.01. The molecule has 6 heteroatoms. The third-order valence-electron chi connectivity index (χ3n) is 3.55. The number of thiophene rings is 1. The summed E-state index contributed by atoms with van der Waals surface area (Å²) in [6, 6.07) is 12.1. The Morgan fingerprint density at radius 2 is 2.23 bits per heavy atom. The number of fused-ring (bicyclic) bond motifs is 1. The van der Waals surface area contributed by atoms with Crippen molar-refractivity contribution < 1.29 is 4.74 Å². The van der Waals surface area contributed by atoms with Gasteiger partial charge in [-0.3, -0.25) is 4.99 Å². The zero-order valence-corrected chi connectivity index (χ0v) is 13.7. The van der Waals surface area contributed by atoms with Crippen LogP contribution < -0.4 is 15.8 Å². The van der Waals surface area contributed by atoms with Gasteiger partial charge in [0.1, 0.15) is 5.75 Å². The number of nitrogens with two attached hydrogens (primary N) is 1. The molecule has 3 rings (SSSR count). The van der Waals surface area contributed by atoms with Crippen molar-refractivity contribution in [3.05, 3.63) is 51.2 Å². The van der Waals surface area contributed by atoms with Crippen LogP contribution in [-0.2, 0) is 6.42 Å². The minimum atomic E-state index is 0.157. The Kier molecular flexibility index (Phi) is 4.85. The maximum Gasteiger partial charge on any atom is 0.189 e. The summed E-state index contributed by atoms with van der Waals surface area (Å²) in [5.74, 6) is 1.40. The highest BCUT2D eigenvalue weighted by Gasteiger charge is 2.21. The van der Waals surface area contributed by atoms with Crippen LogP contribution in [0.1, 0.15) is 22.9 Å². The standard InChI is InChI=1S/C16H18ClN3OS/c17-15-6-5-11(22-15)7-9-19-16(18)20-13-8-10-21-14-4-2-1-3-12(13)14/h1-6,13H,7-10H2,(H3,18,19,20). The number of benzene rings is 1. The molecule has 0 radical (unpaired) electrons. The molecule has 2 aromatic rings. The van der Waals surface area contributed by atoms with Crippen molar-refractivity contribution in [3.63, 3.8) is 0 Å². The molecule has 1 aliphatic heterocycles. The van der Waals surface area contributed by atoms with Gasteiger partial charge in [0.2, 0.25) is 0 Å². The van der Waals surface area contributed by atoms with Gasteiger partial charge in [-0.1, -0.05) is 29.8 Å². The van der Waals surface area contributed by atoms with Gasteiger partial charge in [-0.25, -0.2) is 0 Å². The van der Waals surface area contributed by atoms with E-state index >= 15 is 0 Å². The second-order valence-corrected chi connectivity index (χ2v) is 6.89. The quantitative estimate of drug-likeness (QED) is 0.665. The highest BCUT2D eigenvalue weighted by molar-refractivity contribution is 7.16. The predicted molar refractivity (Wildman–Crippen MR) is 92.0 cm³/mol. The van der Waals surface area contributed by atoms with E-state index in [0.717, 1.165) is 28.5 Å². The Bertz CT molecular complexity index is 671. The second kappa shape index (κ2) is 7.03. The summed E-state index contributed by atoms with van der Waals surface area (Å²) in [5.41, 5.74) is 7.14. The molecule has 1 aliphatic rings. The fraction of sp³-hybridized carbons (Fsp3) is 0.312. The molecule has 0 saturated heterocycles. The van der Waals surface area contributed by atoms with Crippen molar-refractivity contribution >= 4 is 28.9 Å². The van der Waals surface area contributed by atoms with Gasteiger partial charge in [0, 0.05) is 29.8 Å². The lowest BCUT2D eigenvalue weighted by molar-refractivity contribution is 0.262. The molecule has 22 heavy (non-hydrogen) atoms. The number of guanidine groups is 1. The number of nitrogens with zero attached hydrogens (tertiary/aromatic N) is 1. The smallest absolute Gasteiger partial charge is 0.189 e. The van der Waals surface area contributed by atoms with E-state index in [1.54, 1.807) is 11.3 Å². The first-order valence-corrected chi connectivity index (χ1v) is 8.44. The number of rotatable bonds is 4. The van der Waals surface area contributed by atoms with Crippen LogP contribution in [-0.4, -0.2) is 19.1 Å². The van der Waals surface area contributed by atoms with Crippen LogP contribution in [0.4, 0.5) is 0 Å². The third-order valence-corrected chi connectivity index (χ3v) is 4.84. The van der Waals surface area contributed by atoms with Crippen molar-refractivity contribution in [1.29, 1.82) is 0 Å². The van der Waals surface area contributed by atoms with E-state index in [1.165, 1.54) is 4.88 Å². The largest absolute Gasteiger partial charge is 0.493 e. The number of ether oxygens (including phenoxy) is 1. The predicted octanol–water partition coefficient (Wildman–Crippen LogP) is 3.37. The van der Waals surface area contributed by atoms with Gasteiger partial charge in [-0.2, -0.15) is 0 Å². The van der Waals surface area contributed by atoms with Crippen LogP contribution >= 0.6 is 22.9 Å². The SMILES string of the molecule is NC(=NCCc1ccc(Cl)s1)NC1CCOc2ccccc21. The molecule has 3 N–H and O–H groups in total. The average molecular weight is 336 g/mol. The van der Waals surface area contributed by atoms with Crippen LogP contribution in [0.3, 0.4) is 0 Å². The Balaban J connectivity index is 1.57. The highest BCUT2D eigenvalue weighted by atomic mass is 35.5. The molecule has 1 aromatic carbocycles. The lowest BCUT2D eigenvalue weighted by Crippen LogP contribution is -2.37. The molecule has 0 fully saturated rings. The van der Waals surface area contributed by atoms with Gasteiger partial charge in [0.05, 0.1) is 17.0 Å². The fourth-order valence-corrected chi connectivity index (χ4v) is 3.57. The van der Waals surface area contributed by atoms with Crippen molar-refractivity contribution in [2.75, 3.05) is 13.2 Å². The summed E-state index contributed by atoms with van der Waals surface area (Å²) in [6.45, 7) is 1.34. The minimum Gasteiger partial charge on any atom is -0.493 e. The minimum absolute atomic E-state index is 0.157. The zero-order valence-electron chi connectivity index (χ0n) is 12.1. The number of aliphatic imine (C=N–C) groups is 1. The van der Waals surface area contributed by atoms with Crippen LogP contribution in [0, 0.1) is 0 Å². The first-order valence-electron chi connectivity index (χ1n) is 7.25. The highest BCUT2D eigenvalue weighted by Crippen LogP contribution is 2.31. The Labute approximate surface area is 139 Å². The summed E-state index contributed by atoms with van der Waals surface area (Å²) < 4.78 is 6.45. The molecule has 2 heterocycles. The van der Waals surface area contributed by atoms with E-state index in [1.807, 2.05) is 30.3 Å². The van der Waals surface area contributed by atoms with E-state index in [-0.39, 0.29) is 6.04 Å². The van der Waals surface area contributed by atoms with Crippen molar-refractivity contribution in [1.82, 2.24) is 5.32 Å². The lowest BCUT2D eigenvalue weighted by atomic mass is 10.0. The molecule has 116 valence electrons. The topological polar surface area (TPSA) is 59.6 Å². The van der Waals surface area contributed by atoms with Crippen molar-refractivity contribution in [2.24, 2.45) is 10.7 Å². The Hall–Kier alpha value is -1.72. The summed E-state index contributed by atoms with van der Waals surface area (Å²) in [6.07, 6.45) is 1.73. The van der Waals surface area contributed by atoms with Gasteiger partial charge in [-0.15, -0.1) is 11.3 Å². The lowest BCUT2D eigenvalue weighted by Gasteiger charge is -2.26. The van der Waals surface area contributed by atoms with Crippen molar-refractivity contribution in [2.45, 2.75) is 18.9 Å². The molecule has 0 aliphatic carbocycles. The van der Waals surface area contributed by atoms with E-state index < -0.39 is 0 Å². The zero-order chi connectivity index (χ0) is 15.4. The monoisotopic (exact) mass is 335 g/mol. The molecule has 1 atom stereocenters. The maximum absolute atomic E-state index is 6.01. The van der Waals surface area contributed by atoms with E-state index in [4.69, 9.17) is 22.1 Å². The summed E-state index contributed by atoms with van der Waals surface area (Å²) in [5, 5.41) is 3.29. The third kappa shape index (κ3) is 3.72. The molecule has 1 unspecified atom stereocenters. The molecule has 1 aromatic heterocycles. The van der Waals surface area contributed by atoms with Crippen LogP contribution in [0.5, 0.6) is 5.75 Å². The number of halogens is 1. The van der Waals surface area contributed by atoms with Gasteiger partial charge >= 0.3 is 0 Å². The second-order valence-electron chi connectivity index (χ2n) is 5.09. The Morgan fingerprint density at radius 3 is 3.05 bits per heavy atom. The molecule has 0 saturated carbocycles. The van der Waals surface area contributed by atoms with Crippen LogP contribution in [0.2, 0.25) is 4.34 Å². The molecule has 0 amide bonds. The van der Waals surface area contributed by atoms with E-state index in [0.29, 0.717) is 19.1 Å². The number of nitrogens with one attached hydrogen (secondary N) is 1.